The third-order valence-electron chi connectivity index (χ3n) is 6.15. The zero-order valence-electron chi connectivity index (χ0n) is 18.6. The molecule has 1 aromatic carbocycles. The van der Waals surface area contributed by atoms with Crippen molar-refractivity contribution in [3.8, 4) is 5.75 Å². The van der Waals surface area contributed by atoms with Crippen LogP contribution in [0.4, 0.5) is 0 Å². The van der Waals surface area contributed by atoms with E-state index in [1.807, 2.05) is 35.3 Å². The highest BCUT2D eigenvalue weighted by Gasteiger charge is 2.20. The van der Waals surface area contributed by atoms with Crippen LogP contribution in [0.2, 0.25) is 0 Å². The smallest absolute Gasteiger partial charge is 0.123 e. The molecule has 0 amide bonds. The van der Waals surface area contributed by atoms with Gasteiger partial charge >= 0.3 is 0 Å². The summed E-state index contributed by atoms with van der Waals surface area (Å²) in [5.41, 5.74) is 1.16. The molecule has 2 aromatic rings. The molecule has 0 saturated heterocycles. The molecule has 0 aliphatic heterocycles. The molecule has 1 saturated carbocycles. The lowest BCUT2D eigenvalue weighted by atomic mass is 9.94. The molecule has 166 valence electrons. The first-order chi connectivity index (χ1) is 14.7. The summed E-state index contributed by atoms with van der Waals surface area (Å²) in [4.78, 5) is 4.70. The van der Waals surface area contributed by atoms with Crippen LogP contribution in [0.25, 0.3) is 0 Å². The molecule has 0 spiro atoms. The third kappa shape index (κ3) is 7.11. The summed E-state index contributed by atoms with van der Waals surface area (Å²) in [6.45, 7) is 6.76. The number of para-hydroxylation sites is 1. The number of nitrogens with zero attached hydrogens (tertiary/aromatic N) is 4. The van der Waals surface area contributed by atoms with Gasteiger partial charge in [0.25, 0.3) is 0 Å². The number of ether oxygens (including phenoxy) is 1. The second-order valence-electron chi connectivity index (χ2n) is 8.44. The SMILES string of the molecule is CCN(CCn1cccn1)Cc1ccccc1OCC(O)CN(C)C1CCCCC1. The number of benzene rings is 1. The van der Waals surface area contributed by atoms with Crippen LogP contribution in [0.15, 0.2) is 42.7 Å². The number of aromatic nitrogens is 2. The highest BCUT2D eigenvalue weighted by Crippen LogP contribution is 2.23. The summed E-state index contributed by atoms with van der Waals surface area (Å²) in [6.07, 6.45) is 9.80. The molecule has 1 heterocycles. The maximum absolute atomic E-state index is 10.5. The number of aliphatic hydroxyl groups excluding tert-OH is 1. The molecule has 1 aliphatic carbocycles. The molecule has 1 atom stereocenters. The minimum Gasteiger partial charge on any atom is -0.491 e. The van der Waals surface area contributed by atoms with Crippen LogP contribution < -0.4 is 4.74 Å². The minimum absolute atomic E-state index is 0.327. The molecule has 1 fully saturated rings. The summed E-state index contributed by atoms with van der Waals surface area (Å²) in [7, 11) is 2.13. The highest BCUT2D eigenvalue weighted by atomic mass is 16.5. The second kappa shape index (κ2) is 12.1. The first kappa shape index (κ1) is 22.8. The normalized spacial score (nSPS) is 16.3. The molecule has 1 N–H and O–H groups in total. The van der Waals surface area contributed by atoms with Gasteiger partial charge in [-0.15, -0.1) is 0 Å². The van der Waals surface area contributed by atoms with Gasteiger partial charge in [-0.1, -0.05) is 44.4 Å². The predicted molar refractivity (Wildman–Crippen MR) is 121 cm³/mol. The van der Waals surface area contributed by atoms with E-state index in [0.717, 1.165) is 37.5 Å². The molecule has 1 unspecified atom stereocenters. The van der Waals surface area contributed by atoms with E-state index in [-0.39, 0.29) is 0 Å². The Bertz CT molecular complexity index is 716. The molecule has 3 rings (SSSR count). The van der Waals surface area contributed by atoms with Crippen LogP contribution >= 0.6 is 0 Å². The van der Waals surface area contributed by atoms with Gasteiger partial charge in [0.15, 0.2) is 0 Å². The largest absolute Gasteiger partial charge is 0.491 e. The zero-order chi connectivity index (χ0) is 21.2. The van der Waals surface area contributed by atoms with Gasteiger partial charge in [0.1, 0.15) is 18.5 Å². The lowest BCUT2D eigenvalue weighted by molar-refractivity contribution is 0.0556. The van der Waals surface area contributed by atoms with Gasteiger partial charge in [-0.2, -0.15) is 5.10 Å². The average molecular weight is 415 g/mol. The molecule has 6 nitrogen and oxygen atoms in total. The first-order valence-electron chi connectivity index (χ1n) is 11.4. The molecule has 1 aliphatic rings. The van der Waals surface area contributed by atoms with Gasteiger partial charge in [0.2, 0.25) is 0 Å². The van der Waals surface area contributed by atoms with Gasteiger partial charge in [0.05, 0.1) is 6.54 Å². The predicted octanol–water partition coefficient (Wildman–Crippen LogP) is 3.41. The van der Waals surface area contributed by atoms with Crippen LogP contribution in [0.5, 0.6) is 5.75 Å². The molecule has 30 heavy (non-hydrogen) atoms. The van der Waals surface area contributed by atoms with Crippen LogP contribution in [0.1, 0.15) is 44.6 Å². The Morgan fingerprint density at radius 2 is 2.00 bits per heavy atom. The van der Waals surface area contributed by atoms with E-state index in [2.05, 4.69) is 41.0 Å². The van der Waals surface area contributed by atoms with Crippen molar-refractivity contribution in [2.45, 2.75) is 64.3 Å². The van der Waals surface area contributed by atoms with Crippen molar-refractivity contribution in [3.05, 3.63) is 48.3 Å². The quantitative estimate of drug-likeness (QED) is 0.577. The van der Waals surface area contributed by atoms with Crippen LogP contribution in [0, 0.1) is 0 Å². The average Bonchev–Trinajstić information content (AvgIpc) is 3.30. The number of aliphatic hydroxyl groups is 1. The summed E-state index contributed by atoms with van der Waals surface area (Å²) in [5.74, 6) is 0.870. The number of hydrogen-bond acceptors (Lipinski definition) is 5. The molecule has 0 bridgehead atoms. The summed E-state index contributed by atoms with van der Waals surface area (Å²) in [5, 5.41) is 14.8. The Labute approximate surface area is 181 Å². The Morgan fingerprint density at radius 3 is 2.73 bits per heavy atom. The molecule has 1 aromatic heterocycles. The fourth-order valence-electron chi connectivity index (χ4n) is 4.28. The second-order valence-corrected chi connectivity index (χ2v) is 8.44. The Morgan fingerprint density at radius 1 is 1.20 bits per heavy atom. The van der Waals surface area contributed by atoms with E-state index in [0.29, 0.717) is 19.2 Å². The number of rotatable bonds is 12. The topological polar surface area (TPSA) is 53.8 Å². The highest BCUT2D eigenvalue weighted by molar-refractivity contribution is 5.33. The van der Waals surface area contributed by atoms with Gasteiger partial charge in [-0.05, 0) is 38.6 Å². The van der Waals surface area contributed by atoms with E-state index in [4.69, 9.17) is 4.74 Å². The first-order valence-corrected chi connectivity index (χ1v) is 11.4. The molecular formula is C24H38N4O2. The standard InChI is InChI=1S/C24H38N4O2/c1-3-27(16-17-28-15-9-14-25-28)18-21-10-7-8-13-24(21)30-20-23(29)19-26(2)22-11-5-4-6-12-22/h7-10,13-15,22-23,29H,3-6,11-12,16-20H2,1-2H3. The van der Waals surface area contributed by atoms with Crippen molar-refractivity contribution in [1.82, 2.24) is 19.6 Å². The van der Waals surface area contributed by atoms with Crippen molar-refractivity contribution >= 4 is 0 Å². The van der Waals surface area contributed by atoms with Gasteiger partial charge in [0, 0.05) is 43.6 Å². The van der Waals surface area contributed by atoms with Gasteiger partial charge in [-0.3, -0.25) is 9.58 Å². The van der Waals surface area contributed by atoms with Crippen molar-refractivity contribution in [1.29, 1.82) is 0 Å². The minimum atomic E-state index is -0.480. The summed E-state index contributed by atoms with van der Waals surface area (Å²) >= 11 is 0. The van der Waals surface area contributed by atoms with Crippen molar-refractivity contribution in [2.24, 2.45) is 0 Å². The van der Waals surface area contributed by atoms with Crippen molar-refractivity contribution in [3.63, 3.8) is 0 Å². The Hall–Kier alpha value is -1.89. The Kier molecular flexibility index (Phi) is 9.18. The molecule has 0 radical (unpaired) electrons. The third-order valence-corrected chi connectivity index (χ3v) is 6.15. The van der Waals surface area contributed by atoms with Gasteiger partial charge < -0.3 is 14.7 Å². The monoisotopic (exact) mass is 414 g/mol. The van der Waals surface area contributed by atoms with E-state index < -0.39 is 6.10 Å². The van der Waals surface area contributed by atoms with Crippen molar-refractivity contribution in [2.75, 3.05) is 33.3 Å². The van der Waals surface area contributed by atoms with E-state index in [9.17, 15) is 5.11 Å². The summed E-state index contributed by atoms with van der Waals surface area (Å²) in [6, 6.07) is 10.7. The maximum atomic E-state index is 10.5. The Balaban J connectivity index is 1.48. The number of hydrogen-bond donors (Lipinski definition) is 1. The fourth-order valence-corrected chi connectivity index (χ4v) is 4.28. The fraction of sp³-hybridized carbons (Fsp3) is 0.625. The van der Waals surface area contributed by atoms with E-state index in [1.54, 1.807) is 0 Å². The van der Waals surface area contributed by atoms with E-state index >= 15 is 0 Å². The van der Waals surface area contributed by atoms with E-state index in [1.165, 1.54) is 32.1 Å². The zero-order valence-corrected chi connectivity index (χ0v) is 18.6. The maximum Gasteiger partial charge on any atom is 0.123 e. The molecular weight excluding hydrogens is 376 g/mol. The number of likely N-dealkylation sites (N-methyl/N-ethyl adjacent to an activating group) is 2. The van der Waals surface area contributed by atoms with Crippen LogP contribution in [-0.2, 0) is 13.1 Å². The summed E-state index contributed by atoms with van der Waals surface area (Å²) < 4.78 is 8.02. The lowest BCUT2D eigenvalue weighted by Gasteiger charge is -2.32. The van der Waals surface area contributed by atoms with Gasteiger partial charge in [-0.25, -0.2) is 0 Å². The molecule has 6 heteroatoms. The van der Waals surface area contributed by atoms with Crippen LogP contribution in [0.3, 0.4) is 0 Å². The van der Waals surface area contributed by atoms with Crippen LogP contribution in [-0.4, -0.2) is 70.1 Å². The lowest BCUT2D eigenvalue weighted by Crippen LogP contribution is -2.40. The van der Waals surface area contributed by atoms with Crippen molar-refractivity contribution < 1.29 is 9.84 Å².